The van der Waals surface area contributed by atoms with Crippen molar-refractivity contribution >= 4 is 5.69 Å². The fourth-order valence-corrected chi connectivity index (χ4v) is 1.66. The Kier molecular flexibility index (Phi) is 5.26. The van der Waals surface area contributed by atoms with E-state index in [0.29, 0.717) is 24.8 Å². The number of para-hydroxylation sites is 1. The van der Waals surface area contributed by atoms with E-state index in [1.165, 1.54) is 6.07 Å². The first kappa shape index (κ1) is 15.7. The van der Waals surface area contributed by atoms with Crippen molar-refractivity contribution in [3.8, 4) is 17.4 Å². The Morgan fingerprint density at radius 2 is 2.00 bits per heavy atom. The van der Waals surface area contributed by atoms with Gasteiger partial charge in [0.05, 0.1) is 11.0 Å². The average molecular weight is 303 g/mol. The number of pyridine rings is 1. The van der Waals surface area contributed by atoms with Crippen molar-refractivity contribution in [1.29, 1.82) is 0 Å². The molecular formula is C15H17N3O4. The predicted octanol–water partition coefficient (Wildman–Crippen LogP) is 2.72. The van der Waals surface area contributed by atoms with Crippen LogP contribution in [0.5, 0.6) is 17.4 Å². The van der Waals surface area contributed by atoms with Crippen molar-refractivity contribution < 1.29 is 14.4 Å². The molecule has 1 heterocycles. The van der Waals surface area contributed by atoms with Gasteiger partial charge in [-0.2, -0.15) is 0 Å². The topological polar surface area (TPSA) is 77.7 Å². The molecule has 7 nitrogen and oxygen atoms in total. The Bertz CT molecular complexity index is 632. The Labute approximate surface area is 128 Å². The lowest BCUT2D eigenvalue weighted by Gasteiger charge is -2.11. The van der Waals surface area contributed by atoms with Crippen LogP contribution in [0, 0.1) is 10.1 Å². The minimum Gasteiger partial charge on any atom is -0.476 e. The summed E-state index contributed by atoms with van der Waals surface area (Å²) in [5.74, 6) is 0.903. The fourth-order valence-electron chi connectivity index (χ4n) is 1.66. The molecule has 7 heteroatoms. The Morgan fingerprint density at radius 1 is 1.27 bits per heavy atom. The average Bonchev–Trinajstić information content (AvgIpc) is 2.48. The van der Waals surface area contributed by atoms with Crippen molar-refractivity contribution in [2.24, 2.45) is 0 Å². The van der Waals surface area contributed by atoms with Crippen molar-refractivity contribution in [2.75, 3.05) is 27.2 Å². The van der Waals surface area contributed by atoms with E-state index in [2.05, 4.69) is 4.98 Å². The van der Waals surface area contributed by atoms with Gasteiger partial charge in [-0.3, -0.25) is 10.1 Å². The maximum absolute atomic E-state index is 11.1. The molecule has 0 saturated heterocycles. The van der Waals surface area contributed by atoms with E-state index in [9.17, 15) is 10.1 Å². The number of benzene rings is 1. The van der Waals surface area contributed by atoms with Gasteiger partial charge in [0, 0.05) is 6.54 Å². The molecule has 0 aliphatic carbocycles. The normalized spacial score (nSPS) is 10.5. The second kappa shape index (κ2) is 7.37. The quantitative estimate of drug-likeness (QED) is 0.578. The molecule has 0 atom stereocenters. The molecule has 0 aliphatic heterocycles. The highest BCUT2D eigenvalue weighted by Gasteiger charge is 2.18. The van der Waals surface area contributed by atoms with Gasteiger partial charge < -0.3 is 14.4 Å². The minimum atomic E-state index is -0.533. The molecule has 0 radical (unpaired) electrons. The zero-order valence-electron chi connectivity index (χ0n) is 12.4. The first-order valence-corrected chi connectivity index (χ1v) is 6.71. The van der Waals surface area contributed by atoms with E-state index >= 15 is 0 Å². The Balaban J connectivity index is 2.18. The number of aromatic nitrogens is 1. The van der Waals surface area contributed by atoms with Crippen LogP contribution in [0.25, 0.3) is 0 Å². The SMILES string of the molecule is CN(C)CCOc1cc(Oc2ccccc2)c([N+](=O)[O-])cn1. The van der Waals surface area contributed by atoms with Gasteiger partial charge in [-0.25, -0.2) is 4.98 Å². The fraction of sp³-hybridized carbons (Fsp3) is 0.267. The molecule has 0 fully saturated rings. The summed E-state index contributed by atoms with van der Waals surface area (Å²) >= 11 is 0. The van der Waals surface area contributed by atoms with Crippen LogP contribution >= 0.6 is 0 Å². The third-order valence-electron chi connectivity index (χ3n) is 2.78. The number of nitro groups is 1. The number of hydrogen-bond acceptors (Lipinski definition) is 6. The lowest BCUT2D eigenvalue weighted by molar-refractivity contribution is -0.386. The monoisotopic (exact) mass is 303 g/mol. The van der Waals surface area contributed by atoms with E-state index in [-0.39, 0.29) is 11.4 Å². The van der Waals surface area contributed by atoms with Crippen LogP contribution < -0.4 is 9.47 Å². The molecule has 0 amide bonds. The standard InChI is InChI=1S/C15H17N3O4/c1-17(2)8-9-21-15-10-14(13(11-16-15)18(19)20)22-12-6-4-3-5-7-12/h3-7,10-11H,8-9H2,1-2H3. The van der Waals surface area contributed by atoms with Crippen molar-refractivity contribution in [3.63, 3.8) is 0 Å². The maximum atomic E-state index is 11.1. The van der Waals surface area contributed by atoms with Crippen LogP contribution in [0.4, 0.5) is 5.69 Å². The molecule has 1 aromatic carbocycles. The first-order valence-electron chi connectivity index (χ1n) is 6.71. The third kappa shape index (κ3) is 4.42. The van der Waals surface area contributed by atoms with Gasteiger partial charge in [0.2, 0.25) is 11.6 Å². The highest BCUT2D eigenvalue weighted by molar-refractivity contribution is 5.48. The summed E-state index contributed by atoms with van der Waals surface area (Å²) < 4.78 is 11.0. The second-order valence-corrected chi connectivity index (χ2v) is 4.81. The van der Waals surface area contributed by atoms with Gasteiger partial charge in [0.1, 0.15) is 18.6 Å². The van der Waals surface area contributed by atoms with E-state index < -0.39 is 4.92 Å². The highest BCUT2D eigenvalue weighted by Crippen LogP contribution is 2.32. The smallest absolute Gasteiger partial charge is 0.329 e. The van der Waals surface area contributed by atoms with E-state index in [1.807, 2.05) is 25.1 Å². The van der Waals surface area contributed by atoms with Crippen LogP contribution in [0.15, 0.2) is 42.6 Å². The predicted molar refractivity (Wildman–Crippen MR) is 81.5 cm³/mol. The van der Waals surface area contributed by atoms with Gasteiger partial charge in [0.25, 0.3) is 0 Å². The second-order valence-electron chi connectivity index (χ2n) is 4.81. The summed E-state index contributed by atoms with van der Waals surface area (Å²) in [7, 11) is 3.85. The molecule has 22 heavy (non-hydrogen) atoms. The van der Waals surface area contributed by atoms with Gasteiger partial charge in [-0.1, -0.05) is 18.2 Å². The molecule has 1 aromatic heterocycles. The molecule has 0 saturated carbocycles. The summed E-state index contributed by atoms with van der Waals surface area (Å²) in [6.07, 6.45) is 1.14. The van der Waals surface area contributed by atoms with Crippen molar-refractivity contribution in [1.82, 2.24) is 9.88 Å². The lowest BCUT2D eigenvalue weighted by atomic mass is 10.3. The molecule has 116 valence electrons. The Morgan fingerprint density at radius 3 is 2.64 bits per heavy atom. The zero-order chi connectivity index (χ0) is 15.9. The first-order chi connectivity index (χ1) is 10.6. The van der Waals surface area contributed by atoms with Gasteiger partial charge in [-0.15, -0.1) is 0 Å². The largest absolute Gasteiger partial charge is 0.476 e. The molecule has 2 rings (SSSR count). The van der Waals surface area contributed by atoms with Crippen LogP contribution in [0.3, 0.4) is 0 Å². The van der Waals surface area contributed by atoms with Crippen molar-refractivity contribution in [2.45, 2.75) is 0 Å². The number of likely N-dealkylation sites (N-methyl/N-ethyl adjacent to an activating group) is 1. The summed E-state index contributed by atoms with van der Waals surface area (Å²) in [5.41, 5.74) is -0.205. The van der Waals surface area contributed by atoms with Gasteiger partial charge in [0.15, 0.2) is 0 Å². The highest BCUT2D eigenvalue weighted by atomic mass is 16.6. The van der Waals surface area contributed by atoms with Gasteiger partial charge in [-0.05, 0) is 26.2 Å². The third-order valence-corrected chi connectivity index (χ3v) is 2.78. The zero-order valence-corrected chi connectivity index (χ0v) is 12.4. The molecular weight excluding hydrogens is 286 g/mol. The van der Waals surface area contributed by atoms with Crippen LogP contribution in [0.1, 0.15) is 0 Å². The summed E-state index contributed by atoms with van der Waals surface area (Å²) in [5, 5.41) is 11.1. The molecule has 0 spiro atoms. The van der Waals surface area contributed by atoms with E-state index in [1.54, 1.807) is 24.3 Å². The maximum Gasteiger partial charge on any atom is 0.329 e. The number of ether oxygens (including phenoxy) is 2. The Hall–Kier alpha value is -2.67. The van der Waals surface area contributed by atoms with Gasteiger partial charge >= 0.3 is 5.69 Å². The van der Waals surface area contributed by atoms with Crippen LogP contribution in [0.2, 0.25) is 0 Å². The summed E-state index contributed by atoms with van der Waals surface area (Å²) in [6.45, 7) is 1.15. The molecule has 2 aromatic rings. The van der Waals surface area contributed by atoms with E-state index in [4.69, 9.17) is 9.47 Å². The lowest BCUT2D eigenvalue weighted by Crippen LogP contribution is -2.19. The van der Waals surface area contributed by atoms with Crippen molar-refractivity contribution in [3.05, 3.63) is 52.7 Å². The summed E-state index contributed by atoms with van der Waals surface area (Å²) in [6, 6.07) is 10.3. The summed E-state index contributed by atoms with van der Waals surface area (Å²) in [4.78, 5) is 16.4. The minimum absolute atomic E-state index is 0.103. The molecule has 0 unspecified atom stereocenters. The van der Waals surface area contributed by atoms with Crippen LogP contribution in [-0.2, 0) is 0 Å². The number of nitrogens with zero attached hydrogens (tertiary/aromatic N) is 3. The van der Waals surface area contributed by atoms with Crippen LogP contribution in [-0.4, -0.2) is 42.1 Å². The van der Waals surface area contributed by atoms with E-state index in [0.717, 1.165) is 6.20 Å². The molecule has 0 N–H and O–H groups in total. The molecule has 0 aliphatic rings. The molecule has 0 bridgehead atoms. The number of hydrogen-bond donors (Lipinski definition) is 0. The number of rotatable bonds is 7.